The first kappa shape index (κ1) is 13.4. The smallest absolute Gasteiger partial charge is 0.170 e. The van der Waals surface area contributed by atoms with E-state index in [9.17, 15) is 26.3 Å². The van der Waals surface area contributed by atoms with Gasteiger partial charge < -0.3 is 0 Å². The van der Waals surface area contributed by atoms with Crippen LogP contribution in [0.1, 0.15) is 6.42 Å². The SMILES string of the molecule is FC(F)(F)C1=CC(CCl)=CCC1C(F)(F)F. The maximum atomic E-state index is 12.4. The van der Waals surface area contributed by atoms with Gasteiger partial charge in [-0.25, -0.2) is 0 Å². The molecule has 16 heavy (non-hydrogen) atoms. The van der Waals surface area contributed by atoms with Crippen LogP contribution >= 0.6 is 11.6 Å². The minimum atomic E-state index is -4.98. The van der Waals surface area contributed by atoms with E-state index in [0.717, 1.165) is 6.08 Å². The van der Waals surface area contributed by atoms with Crippen LogP contribution in [0, 0.1) is 5.92 Å². The van der Waals surface area contributed by atoms with E-state index >= 15 is 0 Å². The van der Waals surface area contributed by atoms with Crippen LogP contribution in [0.25, 0.3) is 0 Å². The average Bonchev–Trinajstić information content (AvgIpc) is 2.14. The van der Waals surface area contributed by atoms with E-state index in [1.165, 1.54) is 0 Å². The highest BCUT2D eigenvalue weighted by Gasteiger charge is 2.51. The van der Waals surface area contributed by atoms with Crippen molar-refractivity contribution in [3.05, 3.63) is 23.3 Å². The van der Waals surface area contributed by atoms with Gasteiger partial charge in [0.1, 0.15) is 0 Å². The van der Waals surface area contributed by atoms with Crippen molar-refractivity contribution in [2.75, 3.05) is 5.88 Å². The topological polar surface area (TPSA) is 0 Å². The van der Waals surface area contributed by atoms with E-state index in [4.69, 9.17) is 11.6 Å². The van der Waals surface area contributed by atoms with Gasteiger partial charge in [0.25, 0.3) is 0 Å². The molecule has 0 amide bonds. The molecule has 0 saturated carbocycles. The largest absolute Gasteiger partial charge is 0.413 e. The normalized spacial score (nSPS) is 22.8. The Morgan fingerprint density at radius 3 is 2.12 bits per heavy atom. The molecule has 0 aromatic carbocycles. The molecular formula is C9H7ClF6. The Morgan fingerprint density at radius 2 is 1.75 bits per heavy atom. The maximum Gasteiger partial charge on any atom is 0.413 e. The van der Waals surface area contributed by atoms with Gasteiger partial charge in [0, 0.05) is 11.5 Å². The lowest BCUT2D eigenvalue weighted by Crippen LogP contribution is -2.32. The van der Waals surface area contributed by atoms with E-state index in [-0.39, 0.29) is 11.5 Å². The predicted molar refractivity (Wildman–Crippen MR) is 47.1 cm³/mol. The number of allylic oxidation sites excluding steroid dienone is 4. The van der Waals surface area contributed by atoms with E-state index in [0.29, 0.717) is 6.08 Å². The molecule has 1 atom stereocenters. The molecule has 1 aliphatic carbocycles. The first-order valence-electron chi connectivity index (χ1n) is 4.26. The van der Waals surface area contributed by atoms with E-state index in [1.54, 1.807) is 0 Å². The van der Waals surface area contributed by atoms with Gasteiger partial charge in [-0.2, -0.15) is 26.3 Å². The predicted octanol–water partition coefficient (Wildman–Crippen LogP) is 4.22. The molecule has 0 aliphatic heterocycles. The molecule has 0 fully saturated rings. The average molecular weight is 265 g/mol. The van der Waals surface area contributed by atoms with Crippen LogP contribution in [0.15, 0.2) is 23.3 Å². The highest BCUT2D eigenvalue weighted by molar-refractivity contribution is 6.19. The Balaban J connectivity index is 3.10. The summed E-state index contributed by atoms with van der Waals surface area (Å²) >= 11 is 5.30. The summed E-state index contributed by atoms with van der Waals surface area (Å²) in [4.78, 5) is 0. The molecule has 0 heterocycles. The van der Waals surface area contributed by atoms with E-state index < -0.39 is 30.3 Å². The van der Waals surface area contributed by atoms with Crippen molar-refractivity contribution in [1.82, 2.24) is 0 Å². The summed E-state index contributed by atoms with van der Waals surface area (Å²) in [5.74, 6) is -2.72. The summed E-state index contributed by atoms with van der Waals surface area (Å²) in [7, 11) is 0. The van der Waals surface area contributed by atoms with Crippen molar-refractivity contribution in [3.63, 3.8) is 0 Å². The van der Waals surface area contributed by atoms with Gasteiger partial charge in [-0.15, -0.1) is 11.6 Å². The molecule has 0 radical (unpaired) electrons. The number of alkyl halides is 7. The summed E-state index contributed by atoms with van der Waals surface area (Å²) in [5.41, 5.74) is -1.51. The van der Waals surface area contributed by atoms with Crippen LogP contribution in [0.5, 0.6) is 0 Å². The third-order valence-corrected chi connectivity index (χ3v) is 2.52. The Hall–Kier alpha value is -0.650. The molecular weight excluding hydrogens is 258 g/mol. The van der Waals surface area contributed by atoms with Gasteiger partial charge in [0.2, 0.25) is 0 Å². The van der Waals surface area contributed by atoms with Crippen molar-refractivity contribution < 1.29 is 26.3 Å². The Kier molecular flexibility index (Phi) is 3.62. The van der Waals surface area contributed by atoms with Crippen molar-refractivity contribution in [3.8, 4) is 0 Å². The van der Waals surface area contributed by atoms with Crippen LogP contribution in [0.3, 0.4) is 0 Å². The quantitative estimate of drug-likeness (QED) is 0.491. The Morgan fingerprint density at radius 1 is 1.19 bits per heavy atom. The standard InChI is InChI=1S/C9H7ClF6/c10-4-5-1-2-6(8(11,12)13)7(3-5)9(14,15)16/h1,3,6H,2,4H2. The molecule has 0 saturated heterocycles. The third kappa shape index (κ3) is 2.93. The summed E-state index contributed by atoms with van der Waals surface area (Å²) in [6.07, 6.45) is -9.02. The first-order valence-corrected chi connectivity index (χ1v) is 4.80. The molecule has 0 aromatic heterocycles. The zero-order chi connectivity index (χ0) is 12.6. The molecule has 0 spiro atoms. The van der Waals surface area contributed by atoms with E-state index in [2.05, 4.69) is 0 Å². The summed E-state index contributed by atoms with van der Waals surface area (Å²) in [5, 5.41) is 0. The van der Waals surface area contributed by atoms with Crippen molar-refractivity contribution in [2.24, 2.45) is 5.92 Å². The van der Waals surface area contributed by atoms with Crippen LogP contribution in [-0.4, -0.2) is 18.2 Å². The molecule has 0 aromatic rings. The summed E-state index contributed by atoms with van der Waals surface area (Å²) < 4.78 is 74.2. The summed E-state index contributed by atoms with van der Waals surface area (Å²) in [6, 6.07) is 0. The third-order valence-electron chi connectivity index (χ3n) is 2.21. The second-order valence-corrected chi connectivity index (χ2v) is 3.61. The number of hydrogen-bond acceptors (Lipinski definition) is 0. The summed E-state index contributed by atoms with van der Waals surface area (Å²) in [6.45, 7) is 0. The fraction of sp³-hybridized carbons (Fsp3) is 0.556. The number of rotatable bonds is 1. The minimum Gasteiger partial charge on any atom is -0.170 e. The molecule has 7 heteroatoms. The molecule has 0 N–H and O–H groups in total. The number of hydrogen-bond donors (Lipinski definition) is 0. The molecule has 92 valence electrons. The fourth-order valence-electron chi connectivity index (χ4n) is 1.44. The van der Waals surface area contributed by atoms with Gasteiger partial charge in [-0.05, 0) is 18.1 Å². The van der Waals surface area contributed by atoms with Crippen LogP contribution in [-0.2, 0) is 0 Å². The zero-order valence-corrected chi connectivity index (χ0v) is 8.55. The Labute approximate surface area is 92.6 Å². The molecule has 1 aliphatic rings. The molecule has 1 rings (SSSR count). The zero-order valence-electron chi connectivity index (χ0n) is 7.79. The monoisotopic (exact) mass is 264 g/mol. The Bertz CT molecular complexity index is 322. The van der Waals surface area contributed by atoms with Gasteiger partial charge >= 0.3 is 12.4 Å². The lowest BCUT2D eigenvalue weighted by Gasteiger charge is -2.27. The van der Waals surface area contributed by atoms with Crippen LogP contribution in [0.4, 0.5) is 26.3 Å². The van der Waals surface area contributed by atoms with Gasteiger partial charge in [0.05, 0.1) is 5.92 Å². The highest BCUT2D eigenvalue weighted by atomic mass is 35.5. The van der Waals surface area contributed by atoms with E-state index in [1.807, 2.05) is 0 Å². The fourth-order valence-corrected chi connectivity index (χ4v) is 1.62. The van der Waals surface area contributed by atoms with Crippen molar-refractivity contribution >= 4 is 11.6 Å². The van der Waals surface area contributed by atoms with Gasteiger partial charge in [0.15, 0.2) is 0 Å². The second kappa shape index (κ2) is 4.31. The second-order valence-electron chi connectivity index (χ2n) is 3.34. The highest BCUT2D eigenvalue weighted by Crippen LogP contribution is 2.44. The van der Waals surface area contributed by atoms with Gasteiger partial charge in [-0.1, -0.05) is 6.08 Å². The lowest BCUT2D eigenvalue weighted by atomic mass is 9.88. The number of halogens is 7. The molecule has 0 nitrogen and oxygen atoms in total. The molecule has 0 bridgehead atoms. The van der Waals surface area contributed by atoms with Crippen LogP contribution in [0.2, 0.25) is 0 Å². The lowest BCUT2D eigenvalue weighted by molar-refractivity contribution is -0.185. The van der Waals surface area contributed by atoms with Crippen molar-refractivity contribution in [1.29, 1.82) is 0 Å². The minimum absolute atomic E-state index is 0.0643. The van der Waals surface area contributed by atoms with Gasteiger partial charge in [-0.3, -0.25) is 0 Å². The van der Waals surface area contributed by atoms with Crippen LogP contribution < -0.4 is 0 Å². The maximum absolute atomic E-state index is 12.4. The molecule has 1 unspecified atom stereocenters. The van der Waals surface area contributed by atoms with Crippen molar-refractivity contribution in [2.45, 2.75) is 18.8 Å². The first-order chi connectivity index (χ1) is 7.16.